The molecular formula is C14H24N2O4. The minimum atomic E-state index is -0.384. The standard InChI is InChI=1S/C14H24N2O4/c1-6-20-14(19)11(4)7-12(10(2)3)16(5)13(18)8-15-9-17/h7,9-10,12H,6,8H2,1-5H3,(H,15,17). The van der Waals surface area contributed by atoms with Crippen LogP contribution in [0.2, 0.25) is 0 Å². The van der Waals surface area contributed by atoms with Crippen LogP contribution < -0.4 is 5.32 Å². The summed E-state index contributed by atoms with van der Waals surface area (Å²) in [5.74, 6) is -0.474. The number of nitrogens with zero attached hydrogens (tertiary/aromatic N) is 1. The molecule has 0 saturated heterocycles. The maximum atomic E-state index is 11.9. The third kappa shape index (κ3) is 5.86. The van der Waals surface area contributed by atoms with E-state index in [1.54, 1.807) is 27.0 Å². The first-order valence-electron chi connectivity index (χ1n) is 6.63. The molecule has 0 radical (unpaired) electrons. The SMILES string of the molecule is CCOC(=O)C(C)=CC(C(C)C)N(C)C(=O)CNC=O. The molecule has 0 aromatic rings. The molecule has 114 valence electrons. The Balaban J connectivity index is 4.96. The smallest absolute Gasteiger partial charge is 0.333 e. The molecule has 20 heavy (non-hydrogen) atoms. The van der Waals surface area contributed by atoms with E-state index in [-0.39, 0.29) is 30.4 Å². The van der Waals surface area contributed by atoms with E-state index in [0.717, 1.165) is 0 Å². The van der Waals surface area contributed by atoms with E-state index < -0.39 is 0 Å². The Kier molecular flexibility index (Phi) is 8.27. The van der Waals surface area contributed by atoms with Gasteiger partial charge in [0.05, 0.1) is 19.2 Å². The Hall–Kier alpha value is -1.85. The van der Waals surface area contributed by atoms with Crippen molar-refractivity contribution in [2.24, 2.45) is 5.92 Å². The van der Waals surface area contributed by atoms with Gasteiger partial charge < -0.3 is 15.0 Å². The number of ether oxygens (including phenoxy) is 1. The number of rotatable bonds is 8. The van der Waals surface area contributed by atoms with Gasteiger partial charge in [0, 0.05) is 12.6 Å². The number of amides is 2. The second-order valence-corrected chi connectivity index (χ2v) is 4.81. The lowest BCUT2D eigenvalue weighted by atomic mass is 10.00. The first-order valence-corrected chi connectivity index (χ1v) is 6.63. The fourth-order valence-corrected chi connectivity index (χ4v) is 1.74. The van der Waals surface area contributed by atoms with Crippen molar-refractivity contribution >= 4 is 18.3 Å². The van der Waals surface area contributed by atoms with E-state index in [1.807, 2.05) is 13.8 Å². The third-order valence-corrected chi connectivity index (χ3v) is 2.88. The van der Waals surface area contributed by atoms with Crippen LogP contribution in [0.15, 0.2) is 11.6 Å². The Morgan fingerprint density at radius 1 is 1.35 bits per heavy atom. The molecule has 2 amide bonds. The van der Waals surface area contributed by atoms with E-state index in [9.17, 15) is 14.4 Å². The van der Waals surface area contributed by atoms with Crippen LogP contribution in [-0.4, -0.2) is 49.4 Å². The summed E-state index contributed by atoms with van der Waals surface area (Å²) in [6, 6.07) is -0.236. The van der Waals surface area contributed by atoms with Crippen molar-refractivity contribution in [1.82, 2.24) is 10.2 Å². The van der Waals surface area contributed by atoms with Gasteiger partial charge >= 0.3 is 5.97 Å². The van der Waals surface area contributed by atoms with Crippen molar-refractivity contribution in [1.29, 1.82) is 0 Å². The van der Waals surface area contributed by atoms with Crippen LogP contribution in [-0.2, 0) is 19.1 Å². The first kappa shape index (κ1) is 18.1. The number of nitrogens with one attached hydrogen (secondary N) is 1. The van der Waals surface area contributed by atoms with Crippen molar-refractivity contribution in [3.05, 3.63) is 11.6 Å². The Labute approximate surface area is 120 Å². The second-order valence-electron chi connectivity index (χ2n) is 4.81. The average molecular weight is 284 g/mol. The Bertz CT molecular complexity index is 377. The molecule has 6 nitrogen and oxygen atoms in total. The number of esters is 1. The van der Waals surface area contributed by atoms with E-state index in [1.165, 1.54) is 4.90 Å². The quantitative estimate of drug-likeness (QED) is 0.405. The average Bonchev–Trinajstić information content (AvgIpc) is 2.40. The molecule has 0 bridgehead atoms. The normalized spacial score (nSPS) is 12.8. The molecule has 0 aromatic heterocycles. The summed E-state index contributed by atoms with van der Waals surface area (Å²) in [6.07, 6.45) is 2.21. The van der Waals surface area contributed by atoms with Crippen molar-refractivity contribution in [3.63, 3.8) is 0 Å². The van der Waals surface area contributed by atoms with Gasteiger partial charge in [0.15, 0.2) is 0 Å². The molecule has 0 aliphatic rings. The lowest BCUT2D eigenvalue weighted by Gasteiger charge is -2.29. The van der Waals surface area contributed by atoms with E-state index in [2.05, 4.69) is 5.32 Å². The monoisotopic (exact) mass is 284 g/mol. The van der Waals surface area contributed by atoms with Crippen LogP contribution in [0, 0.1) is 5.92 Å². The highest BCUT2D eigenvalue weighted by molar-refractivity contribution is 5.88. The van der Waals surface area contributed by atoms with Crippen molar-refractivity contribution in [2.75, 3.05) is 20.2 Å². The predicted octanol–water partition coefficient (Wildman–Crippen LogP) is 0.725. The topological polar surface area (TPSA) is 75.7 Å². The highest BCUT2D eigenvalue weighted by Crippen LogP contribution is 2.14. The molecule has 0 saturated carbocycles. The Morgan fingerprint density at radius 2 is 1.95 bits per heavy atom. The molecule has 0 fully saturated rings. The van der Waals surface area contributed by atoms with Crippen LogP contribution in [0.3, 0.4) is 0 Å². The number of carbonyl (C=O) groups excluding carboxylic acids is 3. The number of carbonyl (C=O) groups is 3. The molecule has 1 N–H and O–H groups in total. The van der Waals surface area contributed by atoms with E-state index in [4.69, 9.17) is 4.74 Å². The van der Waals surface area contributed by atoms with Crippen molar-refractivity contribution in [3.8, 4) is 0 Å². The molecule has 1 atom stereocenters. The molecule has 0 aromatic carbocycles. The zero-order chi connectivity index (χ0) is 15.7. The maximum Gasteiger partial charge on any atom is 0.333 e. The largest absolute Gasteiger partial charge is 0.463 e. The zero-order valence-corrected chi connectivity index (χ0v) is 12.8. The van der Waals surface area contributed by atoms with Gasteiger partial charge in [0.1, 0.15) is 0 Å². The van der Waals surface area contributed by atoms with Crippen molar-refractivity contribution < 1.29 is 19.1 Å². The summed E-state index contributed by atoms with van der Waals surface area (Å²) < 4.78 is 4.92. The predicted molar refractivity (Wildman–Crippen MR) is 75.9 cm³/mol. The number of hydrogen-bond acceptors (Lipinski definition) is 4. The van der Waals surface area contributed by atoms with E-state index >= 15 is 0 Å². The minimum Gasteiger partial charge on any atom is -0.463 e. The first-order chi connectivity index (χ1) is 9.34. The van der Waals surface area contributed by atoms with Gasteiger partial charge in [-0.15, -0.1) is 0 Å². The fourth-order valence-electron chi connectivity index (χ4n) is 1.74. The van der Waals surface area contributed by atoms with Gasteiger partial charge in [-0.2, -0.15) is 0 Å². The molecule has 1 unspecified atom stereocenters. The molecule has 0 spiro atoms. The summed E-state index contributed by atoms with van der Waals surface area (Å²) >= 11 is 0. The summed E-state index contributed by atoms with van der Waals surface area (Å²) in [4.78, 5) is 35.2. The van der Waals surface area contributed by atoms with Crippen LogP contribution in [0.25, 0.3) is 0 Å². The van der Waals surface area contributed by atoms with Crippen LogP contribution in [0.5, 0.6) is 0 Å². The Morgan fingerprint density at radius 3 is 2.40 bits per heavy atom. The fraction of sp³-hybridized carbons (Fsp3) is 0.643. The van der Waals surface area contributed by atoms with Gasteiger partial charge in [-0.25, -0.2) is 4.79 Å². The molecule has 0 heterocycles. The highest BCUT2D eigenvalue weighted by Gasteiger charge is 2.22. The summed E-state index contributed by atoms with van der Waals surface area (Å²) in [7, 11) is 1.65. The molecule has 0 aliphatic carbocycles. The lowest BCUT2D eigenvalue weighted by molar-refractivity contribution is -0.138. The van der Waals surface area contributed by atoms with Gasteiger partial charge in [-0.3, -0.25) is 9.59 Å². The minimum absolute atomic E-state index is 0.0600. The summed E-state index contributed by atoms with van der Waals surface area (Å²) in [5.41, 5.74) is 0.466. The molecule has 6 heteroatoms. The van der Waals surface area contributed by atoms with Gasteiger partial charge in [-0.05, 0) is 19.8 Å². The van der Waals surface area contributed by atoms with Crippen LogP contribution in [0.4, 0.5) is 0 Å². The number of likely N-dealkylation sites (N-methyl/N-ethyl adjacent to an activating group) is 1. The molecular weight excluding hydrogens is 260 g/mol. The molecule has 0 aliphatic heterocycles. The molecule has 0 rings (SSSR count). The van der Waals surface area contributed by atoms with Gasteiger partial charge in [0.2, 0.25) is 12.3 Å². The van der Waals surface area contributed by atoms with E-state index in [0.29, 0.717) is 18.6 Å². The van der Waals surface area contributed by atoms with Gasteiger partial charge in [-0.1, -0.05) is 19.9 Å². The van der Waals surface area contributed by atoms with Crippen LogP contribution >= 0.6 is 0 Å². The highest BCUT2D eigenvalue weighted by atomic mass is 16.5. The lowest BCUT2D eigenvalue weighted by Crippen LogP contribution is -2.43. The third-order valence-electron chi connectivity index (χ3n) is 2.88. The van der Waals surface area contributed by atoms with Gasteiger partial charge in [0.25, 0.3) is 0 Å². The summed E-state index contributed by atoms with van der Waals surface area (Å²) in [5, 5.41) is 2.34. The summed E-state index contributed by atoms with van der Waals surface area (Å²) in [6.45, 7) is 7.57. The second kappa shape index (κ2) is 9.12. The van der Waals surface area contributed by atoms with Crippen LogP contribution in [0.1, 0.15) is 27.7 Å². The number of hydrogen-bond donors (Lipinski definition) is 1. The zero-order valence-electron chi connectivity index (χ0n) is 12.8. The maximum absolute atomic E-state index is 11.9. The van der Waals surface area contributed by atoms with Crippen molar-refractivity contribution in [2.45, 2.75) is 33.7 Å².